The molecule has 0 bridgehead atoms. The number of nitrogens with zero attached hydrogens (tertiary/aromatic N) is 1. The van der Waals surface area contributed by atoms with Crippen LogP contribution in [0.15, 0.2) is 0 Å². The number of rotatable bonds is 19. The maximum absolute atomic E-state index is 11.1. The third kappa shape index (κ3) is 19.8. The van der Waals surface area contributed by atoms with Gasteiger partial charge >= 0.3 is 0 Å². The highest BCUT2D eigenvalue weighted by Gasteiger charge is 1.95. The van der Waals surface area contributed by atoms with E-state index in [-0.39, 0.29) is 13.2 Å². The van der Waals surface area contributed by atoms with Crippen LogP contribution in [-0.2, 0) is 0 Å². The minimum absolute atomic E-state index is 0.0254. The van der Waals surface area contributed by atoms with Crippen LogP contribution >= 0.6 is 0 Å². The molecule has 23 heavy (non-hydrogen) atoms. The zero-order valence-electron chi connectivity index (χ0n) is 15.7. The van der Waals surface area contributed by atoms with Gasteiger partial charge in [-0.15, -0.1) is 0 Å². The smallest absolute Gasteiger partial charge is 0.0549 e. The van der Waals surface area contributed by atoms with E-state index in [1.54, 1.807) is 0 Å². The molecule has 0 unspecified atom stereocenters. The fraction of sp³-hybridized carbons (Fsp3) is 1.00. The molecule has 0 heterocycles. The molecule has 0 atom stereocenters. The highest BCUT2D eigenvalue weighted by Crippen LogP contribution is 2.13. The van der Waals surface area contributed by atoms with Gasteiger partial charge in [0.05, 0.1) is 6.61 Å². The zero-order chi connectivity index (χ0) is 17.0. The lowest BCUT2D eigenvalue weighted by atomic mass is 10.0. The summed E-state index contributed by atoms with van der Waals surface area (Å²) in [7, 11) is 0. The van der Waals surface area contributed by atoms with Crippen molar-refractivity contribution in [2.75, 3.05) is 19.7 Å². The quantitative estimate of drug-likeness (QED) is 0.232. The maximum Gasteiger partial charge on any atom is 0.0549 e. The minimum atomic E-state index is -0.0254. The second-order valence-electron chi connectivity index (χ2n) is 6.96. The van der Waals surface area contributed by atoms with Crippen molar-refractivity contribution in [3.8, 4) is 0 Å². The van der Waals surface area contributed by atoms with Crippen LogP contribution in [0.1, 0.15) is 110 Å². The van der Waals surface area contributed by atoms with Crippen molar-refractivity contribution < 1.29 is 5.11 Å². The van der Waals surface area contributed by atoms with Crippen molar-refractivity contribution in [2.24, 2.45) is 0 Å². The van der Waals surface area contributed by atoms with Crippen LogP contribution in [-0.4, -0.2) is 29.9 Å². The fourth-order valence-corrected chi connectivity index (χ4v) is 3.06. The van der Waals surface area contributed by atoms with Crippen molar-refractivity contribution in [3.63, 3.8) is 0 Å². The normalized spacial score (nSPS) is 11.5. The van der Waals surface area contributed by atoms with E-state index in [9.17, 15) is 5.21 Å². The van der Waals surface area contributed by atoms with Gasteiger partial charge in [-0.25, -0.2) is 0 Å². The van der Waals surface area contributed by atoms with Crippen molar-refractivity contribution in [1.29, 1.82) is 0 Å². The van der Waals surface area contributed by atoms with Crippen LogP contribution < -0.4 is 0 Å². The first-order valence-electron chi connectivity index (χ1n) is 10.3. The largest absolute Gasteiger partial charge is 0.785 e. The molecule has 0 saturated heterocycles. The summed E-state index contributed by atoms with van der Waals surface area (Å²) < 4.78 is 0. The molecular formula is C20H42NO2-. The minimum Gasteiger partial charge on any atom is -0.785 e. The van der Waals surface area contributed by atoms with Crippen LogP contribution in [0, 0.1) is 5.21 Å². The standard InChI is InChI=1S/C20H42NO2/c1-2-3-4-5-6-7-8-9-10-11-12-13-14-15-16-17-18-21(23)19-20-22/h22H,2-20H2,1H3/q-1. The van der Waals surface area contributed by atoms with Crippen LogP contribution in [0.3, 0.4) is 0 Å². The van der Waals surface area contributed by atoms with Gasteiger partial charge in [-0.1, -0.05) is 103 Å². The van der Waals surface area contributed by atoms with Crippen molar-refractivity contribution in [2.45, 2.75) is 110 Å². The predicted octanol–water partition coefficient (Wildman–Crippen LogP) is 6.04. The third-order valence-corrected chi connectivity index (χ3v) is 4.61. The molecule has 0 aliphatic carbocycles. The SMILES string of the molecule is CCCCCCCCCCCCCCCCCCN([O-])CCO. The lowest BCUT2D eigenvalue weighted by Crippen LogP contribution is -2.21. The Hall–Kier alpha value is -0.120. The monoisotopic (exact) mass is 328 g/mol. The van der Waals surface area contributed by atoms with E-state index in [4.69, 9.17) is 5.11 Å². The van der Waals surface area contributed by atoms with Gasteiger partial charge in [0.25, 0.3) is 0 Å². The molecule has 1 N–H and O–H groups in total. The molecule has 3 nitrogen and oxygen atoms in total. The molecule has 140 valence electrons. The highest BCUT2D eigenvalue weighted by atomic mass is 16.5. The lowest BCUT2D eigenvalue weighted by molar-refractivity contribution is 0.234. The summed E-state index contributed by atoms with van der Waals surface area (Å²) in [4.78, 5) is 0. The predicted molar refractivity (Wildman–Crippen MR) is 102 cm³/mol. The molecule has 0 fully saturated rings. The summed E-state index contributed by atoms with van der Waals surface area (Å²) in [5, 5.41) is 20.8. The molecule has 0 aromatic rings. The number of hydroxylamine groups is 2. The molecule has 0 aliphatic rings. The molecule has 0 rings (SSSR count). The third-order valence-electron chi connectivity index (χ3n) is 4.61. The number of aliphatic hydroxyl groups excluding tert-OH is 1. The Bertz CT molecular complexity index is 212. The molecule has 0 aliphatic heterocycles. The Morgan fingerprint density at radius 3 is 1.26 bits per heavy atom. The number of hydrogen-bond donors (Lipinski definition) is 1. The van der Waals surface area contributed by atoms with E-state index in [0.717, 1.165) is 17.9 Å². The van der Waals surface area contributed by atoms with E-state index in [0.29, 0.717) is 6.54 Å². The van der Waals surface area contributed by atoms with Crippen LogP contribution in [0.2, 0.25) is 0 Å². The molecule has 3 heteroatoms. The molecule has 0 aromatic heterocycles. The van der Waals surface area contributed by atoms with Gasteiger partial charge in [0.2, 0.25) is 0 Å². The molecule has 0 spiro atoms. The molecular weight excluding hydrogens is 286 g/mol. The average molecular weight is 329 g/mol. The van der Waals surface area contributed by atoms with Crippen LogP contribution in [0.5, 0.6) is 0 Å². The Morgan fingerprint density at radius 1 is 0.565 bits per heavy atom. The van der Waals surface area contributed by atoms with E-state index in [2.05, 4.69) is 6.92 Å². The molecule has 0 aromatic carbocycles. The highest BCUT2D eigenvalue weighted by molar-refractivity contribution is 4.56. The maximum atomic E-state index is 11.1. The topological polar surface area (TPSA) is 46.5 Å². The van der Waals surface area contributed by atoms with E-state index in [1.165, 1.54) is 89.9 Å². The van der Waals surface area contributed by atoms with Gasteiger partial charge in [-0.05, 0) is 13.0 Å². The Morgan fingerprint density at radius 2 is 0.913 bits per heavy atom. The Balaban J connectivity index is 3.00. The van der Waals surface area contributed by atoms with Gasteiger partial charge in [-0.3, -0.25) is 0 Å². The molecule has 0 amide bonds. The second kappa shape index (κ2) is 19.9. The van der Waals surface area contributed by atoms with E-state index < -0.39 is 0 Å². The summed E-state index contributed by atoms with van der Waals surface area (Å²) >= 11 is 0. The fourth-order valence-electron chi connectivity index (χ4n) is 3.06. The first-order valence-corrected chi connectivity index (χ1v) is 10.3. The van der Waals surface area contributed by atoms with Gasteiger partial charge in [0.1, 0.15) is 0 Å². The number of aliphatic hydroxyl groups is 1. The first kappa shape index (κ1) is 22.9. The summed E-state index contributed by atoms with van der Waals surface area (Å²) in [6, 6.07) is 0. The number of unbranched alkanes of at least 4 members (excludes halogenated alkanes) is 15. The summed E-state index contributed by atoms with van der Waals surface area (Å²) in [6.07, 6.45) is 21.6. The van der Waals surface area contributed by atoms with Crippen molar-refractivity contribution in [1.82, 2.24) is 5.06 Å². The first-order chi connectivity index (χ1) is 11.3. The zero-order valence-corrected chi connectivity index (χ0v) is 15.7. The van der Waals surface area contributed by atoms with Crippen LogP contribution in [0.25, 0.3) is 0 Å². The van der Waals surface area contributed by atoms with Gasteiger partial charge in [0.15, 0.2) is 0 Å². The lowest BCUT2D eigenvalue weighted by Gasteiger charge is -2.26. The average Bonchev–Trinajstić information content (AvgIpc) is 2.54. The molecule has 0 radical (unpaired) electrons. The summed E-state index contributed by atoms with van der Waals surface area (Å²) in [5.41, 5.74) is 0. The molecule has 0 saturated carbocycles. The Labute approximate surface area is 145 Å². The van der Waals surface area contributed by atoms with Gasteiger partial charge in [0, 0.05) is 6.54 Å². The van der Waals surface area contributed by atoms with Crippen molar-refractivity contribution >= 4 is 0 Å². The van der Waals surface area contributed by atoms with Gasteiger partial charge < -0.3 is 15.4 Å². The van der Waals surface area contributed by atoms with Crippen molar-refractivity contribution in [3.05, 3.63) is 5.21 Å². The van der Waals surface area contributed by atoms with E-state index in [1.807, 2.05) is 0 Å². The second-order valence-corrected chi connectivity index (χ2v) is 6.96. The van der Waals surface area contributed by atoms with Gasteiger partial charge in [-0.2, -0.15) is 0 Å². The summed E-state index contributed by atoms with van der Waals surface area (Å²) in [6.45, 7) is 3.10. The summed E-state index contributed by atoms with van der Waals surface area (Å²) in [5.74, 6) is 0. The Kier molecular flexibility index (Phi) is 19.8. The van der Waals surface area contributed by atoms with Crippen LogP contribution in [0.4, 0.5) is 0 Å². The number of hydrogen-bond acceptors (Lipinski definition) is 3. The van der Waals surface area contributed by atoms with E-state index >= 15 is 0 Å².